The molecule has 0 saturated carbocycles. The number of anilines is 1. The molecule has 0 fully saturated rings. The standard InChI is InChI=1S/C16H16ClN3O/c1-2-10-21-14-9-5-8-13-15(14)19-16(18)20(13)12-7-4-3-6-11(12)17/h3-9H,2,10H2,1H3,(H2,18,19). The first-order chi connectivity index (χ1) is 10.2. The molecule has 108 valence electrons. The van der Waals surface area contributed by atoms with Gasteiger partial charge in [0.2, 0.25) is 5.95 Å². The van der Waals surface area contributed by atoms with E-state index >= 15 is 0 Å². The zero-order valence-corrected chi connectivity index (χ0v) is 12.5. The lowest BCUT2D eigenvalue weighted by Gasteiger charge is -2.09. The van der Waals surface area contributed by atoms with Crippen LogP contribution in [0.15, 0.2) is 42.5 Å². The quantitative estimate of drug-likeness (QED) is 0.791. The molecule has 4 nitrogen and oxygen atoms in total. The Morgan fingerprint density at radius 2 is 2.00 bits per heavy atom. The summed E-state index contributed by atoms with van der Waals surface area (Å²) in [5.74, 6) is 1.14. The van der Waals surface area contributed by atoms with E-state index in [1.165, 1.54) is 0 Å². The van der Waals surface area contributed by atoms with E-state index in [0.29, 0.717) is 17.6 Å². The third-order valence-electron chi connectivity index (χ3n) is 3.23. The molecule has 2 aromatic carbocycles. The van der Waals surface area contributed by atoms with Gasteiger partial charge in [0.1, 0.15) is 11.3 Å². The normalized spacial score (nSPS) is 11.0. The van der Waals surface area contributed by atoms with Crippen LogP contribution in [0.5, 0.6) is 5.75 Å². The first-order valence-corrected chi connectivity index (χ1v) is 7.24. The topological polar surface area (TPSA) is 53.1 Å². The average Bonchev–Trinajstić information content (AvgIpc) is 2.82. The second-order valence-electron chi connectivity index (χ2n) is 4.73. The van der Waals surface area contributed by atoms with Crippen molar-refractivity contribution in [2.45, 2.75) is 13.3 Å². The van der Waals surface area contributed by atoms with Gasteiger partial charge in [-0.05, 0) is 30.7 Å². The largest absolute Gasteiger partial charge is 0.491 e. The van der Waals surface area contributed by atoms with Gasteiger partial charge in [-0.25, -0.2) is 4.98 Å². The lowest BCUT2D eigenvalue weighted by atomic mass is 10.2. The fourth-order valence-electron chi connectivity index (χ4n) is 2.31. The number of imidazole rings is 1. The molecule has 0 aliphatic carbocycles. The Hall–Kier alpha value is -2.20. The monoisotopic (exact) mass is 301 g/mol. The summed E-state index contributed by atoms with van der Waals surface area (Å²) >= 11 is 6.28. The number of nitrogen functional groups attached to an aromatic ring is 1. The molecule has 3 aromatic rings. The number of hydrogen-bond donors (Lipinski definition) is 1. The second-order valence-corrected chi connectivity index (χ2v) is 5.14. The van der Waals surface area contributed by atoms with Gasteiger partial charge < -0.3 is 10.5 Å². The molecule has 0 aliphatic heterocycles. The fraction of sp³-hybridized carbons (Fsp3) is 0.188. The van der Waals surface area contributed by atoms with E-state index in [-0.39, 0.29) is 0 Å². The highest BCUT2D eigenvalue weighted by molar-refractivity contribution is 6.32. The molecule has 0 unspecified atom stereocenters. The van der Waals surface area contributed by atoms with Gasteiger partial charge in [0.05, 0.1) is 22.8 Å². The Labute approximate surface area is 128 Å². The first kappa shape index (κ1) is 13.8. The third kappa shape index (κ3) is 2.43. The highest BCUT2D eigenvalue weighted by Gasteiger charge is 2.15. The van der Waals surface area contributed by atoms with Crippen molar-refractivity contribution in [1.82, 2.24) is 9.55 Å². The predicted octanol–water partition coefficient (Wildman–Crippen LogP) is 4.05. The number of rotatable bonds is 4. The van der Waals surface area contributed by atoms with Crippen molar-refractivity contribution >= 4 is 28.6 Å². The number of para-hydroxylation sites is 2. The van der Waals surface area contributed by atoms with Crippen molar-refractivity contribution in [1.29, 1.82) is 0 Å². The molecule has 21 heavy (non-hydrogen) atoms. The number of nitrogens with two attached hydrogens (primary N) is 1. The van der Waals surface area contributed by atoms with E-state index in [1.54, 1.807) is 0 Å². The van der Waals surface area contributed by atoms with E-state index in [0.717, 1.165) is 28.9 Å². The fourth-order valence-corrected chi connectivity index (χ4v) is 2.53. The van der Waals surface area contributed by atoms with Crippen molar-refractivity contribution in [3.05, 3.63) is 47.5 Å². The molecule has 5 heteroatoms. The summed E-state index contributed by atoms with van der Waals surface area (Å²) in [6.45, 7) is 2.72. The van der Waals surface area contributed by atoms with Gasteiger partial charge >= 0.3 is 0 Å². The molecule has 0 amide bonds. The maximum Gasteiger partial charge on any atom is 0.206 e. The number of aromatic nitrogens is 2. The summed E-state index contributed by atoms with van der Waals surface area (Å²) in [6.07, 6.45) is 0.942. The van der Waals surface area contributed by atoms with Crippen molar-refractivity contribution in [3.8, 4) is 11.4 Å². The van der Waals surface area contributed by atoms with Gasteiger partial charge in [-0.3, -0.25) is 4.57 Å². The minimum absolute atomic E-state index is 0.394. The number of hydrogen-bond acceptors (Lipinski definition) is 3. The van der Waals surface area contributed by atoms with Gasteiger partial charge in [0.25, 0.3) is 0 Å². The summed E-state index contributed by atoms with van der Waals surface area (Å²) in [6, 6.07) is 13.4. The maximum atomic E-state index is 6.28. The predicted molar refractivity (Wildman–Crippen MR) is 86.3 cm³/mol. The minimum Gasteiger partial charge on any atom is -0.491 e. The molecule has 0 spiro atoms. The van der Waals surface area contributed by atoms with E-state index in [4.69, 9.17) is 22.1 Å². The average molecular weight is 302 g/mol. The van der Waals surface area contributed by atoms with Crippen LogP contribution in [0, 0.1) is 0 Å². The van der Waals surface area contributed by atoms with Crippen molar-refractivity contribution in [2.75, 3.05) is 12.3 Å². The van der Waals surface area contributed by atoms with Crippen LogP contribution < -0.4 is 10.5 Å². The van der Waals surface area contributed by atoms with Crippen molar-refractivity contribution < 1.29 is 4.74 Å². The number of fused-ring (bicyclic) bond motifs is 1. The Morgan fingerprint density at radius 1 is 1.19 bits per heavy atom. The molecular formula is C16H16ClN3O. The molecule has 1 aromatic heterocycles. The van der Waals surface area contributed by atoms with Crippen LogP contribution in [0.3, 0.4) is 0 Å². The van der Waals surface area contributed by atoms with Crippen LogP contribution in [-0.4, -0.2) is 16.2 Å². The van der Waals surface area contributed by atoms with Crippen molar-refractivity contribution in [2.24, 2.45) is 0 Å². The molecule has 0 saturated heterocycles. The van der Waals surface area contributed by atoms with Gasteiger partial charge in [-0.2, -0.15) is 0 Å². The minimum atomic E-state index is 0.394. The lowest BCUT2D eigenvalue weighted by molar-refractivity contribution is 0.320. The van der Waals surface area contributed by atoms with Crippen LogP contribution >= 0.6 is 11.6 Å². The number of halogens is 1. The van der Waals surface area contributed by atoms with Crippen molar-refractivity contribution in [3.63, 3.8) is 0 Å². The van der Waals surface area contributed by atoms with Crippen LogP contribution in [0.25, 0.3) is 16.7 Å². The molecule has 2 N–H and O–H groups in total. The van der Waals surface area contributed by atoms with Crippen LogP contribution in [0.2, 0.25) is 5.02 Å². The molecule has 0 aliphatic rings. The third-order valence-corrected chi connectivity index (χ3v) is 3.55. The summed E-state index contributed by atoms with van der Waals surface area (Å²) in [7, 11) is 0. The van der Waals surface area contributed by atoms with E-state index < -0.39 is 0 Å². The molecule has 3 rings (SSSR count). The van der Waals surface area contributed by atoms with E-state index in [9.17, 15) is 0 Å². The Morgan fingerprint density at radius 3 is 2.76 bits per heavy atom. The second kappa shape index (κ2) is 5.66. The van der Waals surface area contributed by atoms with Gasteiger partial charge in [0, 0.05) is 0 Å². The number of benzene rings is 2. The Balaban J connectivity index is 2.21. The number of nitrogens with zero attached hydrogens (tertiary/aromatic N) is 2. The highest BCUT2D eigenvalue weighted by atomic mass is 35.5. The smallest absolute Gasteiger partial charge is 0.206 e. The summed E-state index contributed by atoms with van der Waals surface area (Å²) in [4.78, 5) is 4.44. The zero-order valence-electron chi connectivity index (χ0n) is 11.7. The molecule has 0 radical (unpaired) electrons. The van der Waals surface area contributed by atoms with Crippen LogP contribution in [-0.2, 0) is 0 Å². The summed E-state index contributed by atoms with van der Waals surface area (Å²) in [5, 5.41) is 0.628. The zero-order chi connectivity index (χ0) is 14.8. The summed E-state index contributed by atoms with van der Waals surface area (Å²) in [5.41, 5.74) is 8.54. The number of ether oxygens (including phenoxy) is 1. The highest BCUT2D eigenvalue weighted by Crippen LogP contribution is 2.32. The molecule has 0 bridgehead atoms. The molecular weight excluding hydrogens is 286 g/mol. The van der Waals surface area contributed by atoms with Crippen LogP contribution in [0.4, 0.5) is 5.95 Å². The van der Waals surface area contributed by atoms with E-state index in [1.807, 2.05) is 47.0 Å². The summed E-state index contributed by atoms with van der Waals surface area (Å²) < 4.78 is 7.58. The lowest BCUT2D eigenvalue weighted by Crippen LogP contribution is -2.01. The maximum absolute atomic E-state index is 6.28. The Kier molecular flexibility index (Phi) is 3.71. The van der Waals surface area contributed by atoms with Gasteiger partial charge in [-0.1, -0.05) is 36.7 Å². The Bertz CT molecular complexity index is 782. The SMILES string of the molecule is CCCOc1cccc2c1nc(N)n2-c1ccccc1Cl. The van der Waals surface area contributed by atoms with Crippen LogP contribution in [0.1, 0.15) is 13.3 Å². The van der Waals surface area contributed by atoms with Gasteiger partial charge in [-0.15, -0.1) is 0 Å². The molecule has 0 atom stereocenters. The molecule has 1 heterocycles. The van der Waals surface area contributed by atoms with Gasteiger partial charge in [0.15, 0.2) is 0 Å². The first-order valence-electron chi connectivity index (χ1n) is 6.87. The van der Waals surface area contributed by atoms with E-state index in [2.05, 4.69) is 11.9 Å².